The number of benzene rings is 1. The molecule has 41 heavy (non-hydrogen) atoms. The number of unbranched alkanes of at least 4 members (excludes halogenated alkanes) is 2. The van der Waals surface area contributed by atoms with E-state index in [0.29, 0.717) is 29.9 Å². The van der Waals surface area contributed by atoms with Gasteiger partial charge in [-0.15, -0.1) is 0 Å². The lowest BCUT2D eigenvalue weighted by Crippen LogP contribution is -2.48. The molecule has 1 saturated carbocycles. The van der Waals surface area contributed by atoms with E-state index < -0.39 is 17.7 Å². The second-order valence-electron chi connectivity index (χ2n) is 12.0. The first-order chi connectivity index (χ1) is 19.6. The lowest BCUT2D eigenvalue weighted by Gasteiger charge is -2.28. The Bertz CT molecular complexity index is 1320. The number of fused-ring (bicyclic) bond motifs is 1. The number of aromatic nitrogens is 2. The van der Waals surface area contributed by atoms with E-state index in [4.69, 9.17) is 9.47 Å². The van der Waals surface area contributed by atoms with Crippen LogP contribution in [0.1, 0.15) is 78.3 Å². The van der Waals surface area contributed by atoms with Crippen molar-refractivity contribution >= 4 is 28.8 Å². The molecule has 2 N–H and O–H groups in total. The molecule has 2 amide bonds. The standard InChI is InChI=1S/C31H44N4O6/c1-6-20-14-15-35(27(20)28(37)19(2)3)26(36)18-32-30(39)41-31(4)17-21(31)10-8-7-9-11-24-29(38)34-25-16-22(40-5)12-13-23(25)33-24/h12-13,16,19-21,27H,6-11,14-15,17-18H2,1-5H3,(H,32,39)(H,34,38)/t20-,21-,27+,31?/m1/s1. The van der Waals surface area contributed by atoms with E-state index in [1.807, 2.05) is 39.8 Å². The van der Waals surface area contributed by atoms with Crippen molar-refractivity contribution in [3.8, 4) is 5.75 Å². The van der Waals surface area contributed by atoms with E-state index in [1.165, 1.54) is 0 Å². The molecule has 1 unspecified atom stereocenters. The molecule has 1 aliphatic carbocycles. The predicted octanol–water partition coefficient (Wildman–Crippen LogP) is 4.39. The SMILES string of the molecule is CC[C@@H]1CCN(C(=O)CNC(=O)OC2(C)C[C@H]2CCCCCc2nc3ccc(OC)cc3[nH]c2=O)[C@@H]1C(=O)C(C)C. The summed E-state index contributed by atoms with van der Waals surface area (Å²) in [5.41, 5.74) is 1.23. The van der Waals surface area contributed by atoms with Gasteiger partial charge in [0.05, 0.1) is 24.2 Å². The number of H-pyrrole nitrogens is 1. The number of aromatic amines is 1. The molecule has 1 aromatic carbocycles. The Kier molecular flexibility index (Phi) is 9.71. The van der Waals surface area contributed by atoms with Crippen LogP contribution in [0.15, 0.2) is 23.0 Å². The monoisotopic (exact) mass is 568 g/mol. The fraction of sp³-hybridized carbons (Fsp3) is 0.645. The normalized spacial score (nSPS) is 23.6. The van der Waals surface area contributed by atoms with Crippen molar-refractivity contribution in [3.63, 3.8) is 0 Å². The quantitative estimate of drug-likeness (QED) is 0.343. The van der Waals surface area contributed by atoms with Crippen molar-refractivity contribution in [2.45, 2.75) is 90.7 Å². The third-order valence-corrected chi connectivity index (χ3v) is 8.73. The fourth-order valence-corrected chi connectivity index (χ4v) is 6.01. The third kappa shape index (κ3) is 7.26. The minimum atomic E-state index is -0.597. The van der Waals surface area contributed by atoms with Crippen LogP contribution in [0.2, 0.25) is 0 Å². The highest BCUT2D eigenvalue weighted by atomic mass is 16.6. The summed E-state index contributed by atoms with van der Waals surface area (Å²) < 4.78 is 10.9. The maximum Gasteiger partial charge on any atom is 0.408 e. The van der Waals surface area contributed by atoms with Gasteiger partial charge in [-0.25, -0.2) is 9.78 Å². The van der Waals surface area contributed by atoms with Gasteiger partial charge >= 0.3 is 6.09 Å². The summed E-state index contributed by atoms with van der Waals surface area (Å²) in [5.74, 6) is 0.813. The summed E-state index contributed by atoms with van der Waals surface area (Å²) in [7, 11) is 1.58. The predicted molar refractivity (Wildman–Crippen MR) is 156 cm³/mol. The Labute approximate surface area is 241 Å². The number of rotatable bonds is 13. The van der Waals surface area contributed by atoms with E-state index in [1.54, 1.807) is 18.1 Å². The van der Waals surface area contributed by atoms with Gasteiger partial charge in [0.15, 0.2) is 5.78 Å². The summed E-state index contributed by atoms with van der Waals surface area (Å²) in [6.45, 7) is 8.06. The first kappa shape index (κ1) is 30.5. The van der Waals surface area contributed by atoms with Crippen molar-refractivity contribution in [2.24, 2.45) is 17.8 Å². The smallest absolute Gasteiger partial charge is 0.408 e. The van der Waals surface area contributed by atoms with E-state index in [2.05, 4.69) is 15.3 Å². The number of ether oxygens (including phenoxy) is 2. The van der Waals surface area contributed by atoms with Crippen LogP contribution in [-0.4, -0.2) is 64.5 Å². The number of amides is 2. The average Bonchev–Trinajstić information content (AvgIpc) is 3.37. The molecule has 1 aromatic heterocycles. The molecule has 0 radical (unpaired) electrons. The van der Waals surface area contributed by atoms with E-state index in [9.17, 15) is 19.2 Å². The molecule has 1 aliphatic heterocycles. The first-order valence-corrected chi connectivity index (χ1v) is 14.9. The minimum Gasteiger partial charge on any atom is -0.497 e. The van der Waals surface area contributed by atoms with Gasteiger partial charge in [-0.05, 0) is 57.1 Å². The van der Waals surface area contributed by atoms with Gasteiger partial charge in [0, 0.05) is 24.4 Å². The van der Waals surface area contributed by atoms with Crippen LogP contribution in [0, 0.1) is 17.8 Å². The Morgan fingerprint density at radius 2 is 2.00 bits per heavy atom. The van der Waals surface area contributed by atoms with Gasteiger partial charge in [0.1, 0.15) is 23.6 Å². The summed E-state index contributed by atoms with van der Waals surface area (Å²) in [6, 6.07) is 5.02. The first-order valence-electron chi connectivity index (χ1n) is 14.9. The van der Waals surface area contributed by atoms with Crippen LogP contribution in [0.4, 0.5) is 4.79 Å². The maximum absolute atomic E-state index is 12.9. The Balaban J connectivity index is 1.16. The molecule has 4 rings (SSSR count). The molecule has 0 spiro atoms. The molecule has 4 atom stereocenters. The molecule has 2 aliphatic rings. The lowest BCUT2D eigenvalue weighted by atomic mass is 9.89. The largest absolute Gasteiger partial charge is 0.497 e. The molecular formula is C31H44N4O6. The highest BCUT2D eigenvalue weighted by molar-refractivity contribution is 5.92. The average molecular weight is 569 g/mol. The van der Waals surface area contributed by atoms with Crippen LogP contribution in [0.25, 0.3) is 11.0 Å². The zero-order chi connectivity index (χ0) is 29.7. The van der Waals surface area contributed by atoms with Gasteiger partial charge < -0.3 is 24.7 Å². The fourth-order valence-electron chi connectivity index (χ4n) is 6.01. The van der Waals surface area contributed by atoms with Gasteiger partial charge in [0.25, 0.3) is 5.56 Å². The highest BCUT2D eigenvalue weighted by Gasteiger charge is 2.53. The lowest BCUT2D eigenvalue weighted by molar-refractivity contribution is -0.139. The number of Topliss-reactive ketones (excluding diaryl/α,β-unsaturated/α-hetero) is 1. The van der Waals surface area contributed by atoms with Gasteiger partial charge in [-0.2, -0.15) is 0 Å². The summed E-state index contributed by atoms with van der Waals surface area (Å²) in [5, 5.41) is 2.61. The molecule has 2 heterocycles. The number of hydrogen-bond donors (Lipinski definition) is 2. The number of nitrogens with zero attached hydrogens (tertiary/aromatic N) is 2. The van der Waals surface area contributed by atoms with Crippen molar-refractivity contribution in [2.75, 3.05) is 20.2 Å². The van der Waals surface area contributed by atoms with Crippen LogP contribution >= 0.6 is 0 Å². The van der Waals surface area contributed by atoms with Crippen molar-refractivity contribution in [1.29, 1.82) is 0 Å². The number of nitrogens with one attached hydrogen (secondary N) is 2. The van der Waals surface area contributed by atoms with E-state index in [-0.39, 0.29) is 41.5 Å². The number of methoxy groups -OCH3 is 1. The zero-order valence-electron chi connectivity index (χ0n) is 25.0. The molecule has 224 valence electrons. The second-order valence-corrected chi connectivity index (χ2v) is 12.0. The number of aryl methyl sites for hydroxylation is 1. The van der Waals surface area contributed by atoms with Gasteiger partial charge in [-0.3, -0.25) is 14.4 Å². The number of carbonyl (C=O) groups excluding carboxylic acids is 3. The molecule has 10 nitrogen and oxygen atoms in total. The van der Waals surface area contributed by atoms with Crippen LogP contribution < -0.4 is 15.6 Å². The van der Waals surface area contributed by atoms with Crippen molar-refractivity contribution in [3.05, 3.63) is 34.2 Å². The number of ketones is 1. The zero-order valence-corrected chi connectivity index (χ0v) is 25.0. The molecule has 2 fully saturated rings. The topological polar surface area (TPSA) is 131 Å². The van der Waals surface area contributed by atoms with Crippen LogP contribution in [0.3, 0.4) is 0 Å². The van der Waals surface area contributed by atoms with Crippen molar-refractivity contribution < 1.29 is 23.9 Å². The van der Waals surface area contributed by atoms with Crippen molar-refractivity contribution in [1.82, 2.24) is 20.2 Å². The number of likely N-dealkylation sites (tertiary alicyclic amines) is 1. The third-order valence-electron chi connectivity index (χ3n) is 8.73. The minimum absolute atomic E-state index is 0.0833. The number of hydrogen-bond acceptors (Lipinski definition) is 7. The van der Waals surface area contributed by atoms with Gasteiger partial charge in [-0.1, -0.05) is 40.0 Å². The van der Waals surface area contributed by atoms with Crippen LogP contribution in [0.5, 0.6) is 5.75 Å². The van der Waals surface area contributed by atoms with E-state index >= 15 is 0 Å². The molecular weight excluding hydrogens is 524 g/mol. The molecule has 0 bridgehead atoms. The summed E-state index contributed by atoms with van der Waals surface area (Å²) in [6.07, 6.45) is 6.13. The molecule has 1 saturated heterocycles. The summed E-state index contributed by atoms with van der Waals surface area (Å²) in [4.78, 5) is 59.6. The molecule has 2 aromatic rings. The maximum atomic E-state index is 12.9. The Morgan fingerprint density at radius 3 is 2.71 bits per heavy atom. The van der Waals surface area contributed by atoms with E-state index in [0.717, 1.165) is 50.5 Å². The number of alkyl carbamates (subject to hydrolysis) is 1. The second kappa shape index (κ2) is 13.0. The Morgan fingerprint density at radius 1 is 1.22 bits per heavy atom. The highest BCUT2D eigenvalue weighted by Crippen LogP contribution is 2.49. The molecule has 10 heteroatoms. The summed E-state index contributed by atoms with van der Waals surface area (Å²) >= 11 is 0. The Hall–Kier alpha value is -3.43. The number of carbonyl (C=O) groups is 3. The van der Waals surface area contributed by atoms with Gasteiger partial charge in [0.2, 0.25) is 5.91 Å². The van der Waals surface area contributed by atoms with Crippen LogP contribution in [-0.2, 0) is 20.7 Å².